The van der Waals surface area contributed by atoms with Gasteiger partial charge in [0.15, 0.2) is 0 Å². The van der Waals surface area contributed by atoms with E-state index in [2.05, 4.69) is 21.8 Å². The van der Waals surface area contributed by atoms with E-state index < -0.39 is 21.2 Å². The van der Waals surface area contributed by atoms with E-state index in [0.29, 0.717) is 55.8 Å². The number of halogens is 1. The number of carbonyl (C=O) groups is 1. The normalized spacial score (nSPS) is 29.3. The molecule has 232 valence electrons. The number of aryl methyl sites for hydroxylation is 1. The molecule has 0 saturated heterocycles. The first-order valence-electron chi connectivity index (χ1n) is 15.4. The van der Waals surface area contributed by atoms with E-state index in [9.17, 15) is 13.2 Å². The first-order chi connectivity index (χ1) is 20.8. The summed E-state index contributed by atoms with van der Waals surface area (Å²) < 4.78 is 46.6. The Bertz CT molecular complexity index is 1460. The summed E-state index contributed by atoms with van der Waals surface area (Å²) in [4.78, 5) is 15.6. The average Bonchev–Trinajstić information content (AvgIpc) is 3.76. The number of nitrogens with zero attached hydrogens (tertiary/aromatic N) is 1. The number of hydrogen-bond acceptors (Lipinski definition) is 7. The maximum absolute atomic E-state index is 13.3. The zero-order valence-corrected chi connectivity index (χ0v) is 26.2. The molecule has 10 heteroatoms. The van der Waals surface area contributed by atoms with E-state index in [1.54, 1.807) is 25.3 Å². The number of amides is 1. The molecule has 43 heavy (non-hydrogen) atoms. The van der Waals surface area contributed by atoms with Gasteiger partial charge in [0.1, 0.15) is 12.4 Å². The highest BCUT2D eigenvalue weighted by Crippen LogP contribution is 2.43. The highest BCUT2D eigenvalue weighted by molar-refractivity contribution is 7.91. The Kier molecular flexibility index (Phi) is 9.33. The summed E-state index contributed by atoms with van der Waals surface area (Å²) in [5.41, 5.74) is 3.41. The fourth-order valence-electron chi connectivity index (χ4n) is 6.71. The number of methoxy groups -OCH3 is 1. The van der Waals surface area contributed by atoms with Crippen molar-refractivity contribution >= 4 is 33.2 Å². The van der Waals surface area contributed by atoms with Crippen LogP contribution in [-0.4, -0.2) is 59.1 Å². The number of anilines is 1. The van der Waals surface area contributed by atoms with Gasteiger partial charge in [0.2, 0.25) is 10.0 Å². The SMILES string of the molecule is COCCO[C@H]1/C=C/C[C@@H]2C[C@H]2S(=O)(=O)NC(=O)c2ccc3c(c2)N(CCCCc2cc(Cl)ccc2CO3)C[C@@H]2CC[C@H]21. The minimum Gasteiger partial charge on any atom is -0.487 e. The van der Waals surface area contributed by atoms with Crippen LogP contribution < -0.4 is 14.4 Å². The van der Waals surface area contributed by atoms with Crippen LogP contribution in [0.2, 0.25) is 5.02 Å². The summed E-state index contributed by atoms with van der Waals surface area (Å²) in [6.45, 7) is 3.00. The third-order valence-corrected chi connectivity index (χ3v) is 11.5. The zero-order valence-electron chi connectivity index (χ0n) is 24.7. The molecule has 2 aliphatic carbocycles. The summed E-state index contributed by atoms with van der Waals surface area (Å²) in [6, 6.07) is 11.2. The number of allylic oxidation sites excluding steroid dienone is 1. The van der Waals surface area contributed by atoms with Gasteiger partial charge in [-0.3, -0.25) is 4.79 Å². The number of ether oxygens (including phenoxy) is 3. The molecule has 6 rings (SSSR count). The standard InChI is InChI=1S/C33H41ClN2O6S/c1-40-15-16-41-30-7-4-6-23-19-32(23)43(38,39)35-33(37)24-10-13-31-29(18-24)36(20-25-9-12-28(25)30)14-3-2-5-22-17-27(34)11-8-26(22)21-42-31/h4,7-8,10-11,13,17-18,23,25,28,30,32H,2-3,5-6,9,12,14-16,19-21H2,1H3,(H,35,37)/b7-4+/t23-,25+,28-,30+,32-/m1/s1. The summed E-state index contributed by atoms with van der Waals surface area (Å²) in [5.74, 6) is 0.832. The molecule has 4 aliphatic rings. The van der Waals surface area contributed by atoms with E-state index in [4.69, 9.17) is 25.8 Å². The predicted molar refractivity (Wildman–Crippen MR) is 167 cm³/mol. The number of rotatable bonds is 4. The first-order valence-corrected chi connectivity index (χ1v) is 17.4. The lowest BCUT2D eigenvalue weighted by Gasteiger charge is -2.44. The second-order valence-corrected chi connectivity index (χ2v) is 14.6. The van der Waals surface area contributed by atoms with Gasteiger partial charge in [0.05, 0.1) is 30.3 Å². The minimum absolute atomic E-state index is 0.000309. The van der Waals surface area contributed by atoms with Gasteiger partial charge in [-0.1, -0.05) is 29.8 Å². The molecule has 2 saturated carbocycles. The lowest BCUT2D eigenvalue weighted by atomic mass is 9.70. The molecular weight excluding hydrogens is 588 g/mol. The quantitative estimate of drug-likeness (QED) is 0.352. The van der Waals surface area contributed by atoms with Gasteiger partial charge < -0.3 is 19.1 Å². The van der Waals surface area contributed by atoms with Gasteiger partial charge in [0.25, 0.3) is 5.91 Å². The van der Waals surface area contributed by atoms with Crippen molar-refractivity contribution in [2.75, 3.05) is 38.3 Å². The van der Waals surface area contributed by atoms with Crippen molar-refractivity contribution in [1.82, 2.24) is 4.72 Å². The van der Waals surface area contributed by atoms with Crippen LogP contribution in [0, 0.1) is 17.8 Å². The number of nitrogens with one attached hydrogen (secondary N) is 1. The summed E-state index contributed by atoms with van der Waals surface area (Å²) in [7, 11) is -2.12. The Hall–Kier alpha value is -2.59. The second kappa shape index (κ2) is 13.2. The molecule has 0 spiro atoms. The Morgan fingerprint density at radius 3 is 2.77 bits per heavy atom. The summed E-state index contributed by atoms with van der Waals surface area (Å²) in [6.07, 6.45) is 10.4. The first kappa shape index (κ1) is 30.4. The van der Waals surface area contributed by atoms with Crippen molar-refractivity contribution in [3.05, 3.63) is 70.3 Å². The average molecular weight is 629 g/mol. The molecule has 0 radical (unpaired) electrons. The second-order valence-electron chi connectivity index (χ2n) is 12.3. The van der Waals surface area contributed by atoms with Crippen molar-refractivity contribution in [3.8, 4) is 5.75 Å². The van der Waals surface area contributed by atoms with Gasteiger partial charge >= 0.3 is 0 Å². The number of benzene rings is 2. The van der Waals surface area contributed by atoms with Crippen LogP contribution in [0.15, 0.2) is 48.6 Å². The molecule has 2 bridgehead atoms. The lowest BCUT2D eigenvalue weighted by Crippen LogP contribution is -2.44. The molecule has 0 aromatic heterocycles. The van der Waals surface area contributed by atoms with Crippen LogP contribution in [0.1, 0.15) is 60.0 Å². The fourth-order valence-corrected chi connectivity index (χ4v) is 8.55. The Morgan fingerprint density at radius 2 is 1.95 bits per heavy atom. The van der Waals surface area contributed by atoms with Crippen molar-refractivity contribution in [2.24, 2.45) is 17.8 Å². The molecule has 2 fully saturated rings. The molecule has 5 atom stereocenters. The maximum atomic E-state index is 13.3. The zero-order chi connectivity index (χ0) is 30.0. The van der Waals surface area contributed by atoms with Gasteiger partial charge in [-0.15, -0.1) is 0 Å². The molecule has 8 nitrogen and oxygen atoms in total. The smallest absolute Gasteiger partial charge is 0.264 e. The molecular formula is C33H41ClN2O6S. The van der Waals surface area contributed by atoms with Gasteiger partial charge in [-0.05, 0) is 104 Å². The number of hydrogen-bond donors (Lipinski definition) is 1. The molecule has 0 unspecified atom stereocenters. The highest BCUT2D eigenvalue weighted by Gasteiger charge is 2.47. The number of carbonyl (C=O) groups excluding carboxylic acids is 1. The van der Waals surface area contributed by atoms with Gasteiger partial charge in [0, 0.05) is 30.8 Å². The highest BCUT2D eigenvalue weighted by atomic mass is 35.5. The summed E-state index contributed by atoms with van der Waals surface area (Å²) >= 11 is 6.33. The molecule has 2 heterocycles. The topological polar surface area (TPSA) is 94.2 Å². The predicted octanol–water partition coefficient (Wildman–Crippen LogP) is 5.53. The molecule has 1 N–H and O–H groups in total. The third-order valence-electron chi connectivity index (χ3n) is 9.44. The molecule has 2 aliphatic heterocycles. The van der Waals surface area contributed by atoms with Crippen LogP contribution in [0.5, 0.6) is 5.75 Å². The molecule has 1 amide bonds. The van der Waals surface area contributed by atoms with E-state index in [-0.39, 0.29) is 12.0 Å². The van der Waals surface area contributed by atoms with E-state index in [1.807, 2.05) is 18.2 Å². The maximum Gasteiger partial charge on any atom is 0.264 e. The Labute approximate surface area is 259 Å². The molecule has 2 aromatic rings. The lowest BCUT2D eigenvalue weighted by molar-refractivity contribution is -0.0308. The fraction of sp³-hybridized carbons (Fsp3) is 0.545. The Balaban J connectivity index is 1.35. The van der Waals surface area contributed by atoms with Crippen molar-refractivity contribution in [3.63, 3.8) is 0 Å². The van der Waals surface area contributed by atoms with Crippen molar-refractivity contribution < 1.29 is 27.4 Å². The van der Waals surface area contributed by atoms with Gasteiger partial charge in [-0.25, -0.2) is 13.1 Å². The Morgan fingerprint density at radius 1 is 1.07 bits per heavy atom. The number of fused-ring (bicyclic) bond motifs is 4. The number of sulfonamides is 1. The van der Waals surface area contributed by atoms with Crippen LogP contribution in [0.3, 0.4) is 0 Å². The van der Waals surface area contributed by atoms with Crippen molar-refractivity contribution in [1.29, 1.82) is 0 Å². The monoisotopic (exact) mass is 628 g/mol. The van der Waals surface area contributed by atoms with Crippen LogP contribution in [0.25, 0.3) is 0 Å². The van der Waals surface area contributed by atoms with E-state index in [1.165, 1.54) is 5.56 Å². The van der Waals surface area contributed by atoms with E-state index >= 15 is 0 Å². The largest absolute Gasteiger partial charge is 0.487 e. The van der Waals surface area contributed by atoms with Crippen LogP contribution >= 0.6 is 11.6 Å². The van der Waals surface area contributed by atoms with Crippen molar-refractivity contribution in [2.45, 2.75) is 62.9 Å². The molecule has 2 aromatic carbocycles. The van der Waals surface area contributed by atoms with Crippen LogP contribution in [0.4, 0.5) is 5.69 Å². The van der Waals surface area contributed by atoms with Crippen LogP contribution in [-0.2, 0) is 32.5 Å². The minimum atomic E-state index is -3.79. The van der Waals surface area contributed by atoms with Gasteiger partial charge in [-0.2, -0.15) is 0 Å². The third kappa shape index (κ3) is 7.06. The van der Waals surface area contributed by atoms with E-state index in [0.717, 1.165) is 61.5 Å². The summed E-state index contributed by atoms with van der Waals surface area (Å²) in [5, 5.41) is 0.155.